The summed E-state index contributed by atoms with van der Waals surface area (Å²) in [6, 6.07) is 5.05. The number of sulfonamides is 1. The first kappa shape index (κ1) is 14.0. The van der Waals surface area contributed by atoms with Crippen molar-refractivity contribution in [1.29, 1.82) is 0 Å². The molecule has 0 atom stereocenters. The van der Waals surface area contributed by atoms with Crippen LogP contribution in [0.5, 0.6) is 0 Å². The van der Waals surface area contributed by atoms with E-state index in [9.17, 15) is 13.2 Å². The fourth-order valence-corrected chi connectivity index (χ4v) is 3.34. The van der Waals surface area contributed by atoms with Crippen LogP contribution in [-0.2, 0) is 14.8 Å². The highest BCUT2D eigenvalue weighted by Crippen LogP contribution is 2.45. The average Bonchev–Trinajstić information content (AvgIpc) is 3.06. The zero-order valence-corrected chi connectivity index (χ0v) is 11.8. The monoisotopic (exact) mass is 283 g/mol. The lowest BCUT2D eigenvalue weighted by molar-refractivity contribution is -0.143. The largest absolute Gasteiger partial charge is 0.481 e. The Kier molecular flexibility index (Phi) is 3.40. The highest BCUT2D eigenvalue weighted by molar-refractivity contribution is 7.89. The lowest BCUT2D eigenvalue weighted by Crippen LogP contribution is -2.34. The molecule has 1 aliphatic rings. The maximum absolute atomic E-state index is 12.1. The van der Waals surface area contributed by atoms with Crippen molar-refractivity contribution in [2.75, 3.05) is 6.54 Å². The summed E-state index contributed by atoms with van der Waals surface area (Å²) < 4.78 is 26.7. The van der Waals surface area contributed by atoms with Crippen LogP contribution in [0.25, 0.3) is 0 Å². The molecule has 1 saturated carbocycles. The van der Waals surface area contributed by atoms with E-state index in [0.29, 0.717) is 12.8 Å². The Labute approximate surface area is 112 Å². The normalized spacial score (nSPS) is 17.2. The van der Waals surface area contributed by atoms with Gasteiger partial charge in [0.15, 0.2) is 0 Å². The van der Waals surface area contributed by atoms with Gasteiger partial charge in [0.2, 0.25) is 10.0 Å². The second-order valence-corrected chi connectivity index (χ2v) is 7.00. The first-order chi connectivity index (χ1) is 8.75. The number of benzene rings is 1. The van der Waals surface area contributed by atoms with Gasteiger partial charge in [0.1, 0.15) is 0 Å². The van der Waals surface area contributed by atoms with Crippen molar-refractivity contribution in [3.63, 3.8) is 0 Å². The van der Waals surface area contributed by atoms with Crippen molar-refractivity contribution in [3.8, 4) is 0 Å². The van der Waals surface area contributed by atoms with Crippen LogP contribution in [0.3, 0.4) is 0 Å². The molecule has 0 radical (unpaired) electrons. The van der Waals surface area contributed by atoms with Crippen LogP contribution in [0.1, 0.15) is 24.0 Å². The third-order valence-electron chi connectivity index (χ3n) is 3.41. The summed E-state index contributed by atoms with van der Waals surface area (Å²) in [5, 5.41) is 9.02. The van der Waals surface area contributed by atoms with Crippen molar-refractivity contribution in [3.05, 3.63) is 29.3 Å². The van der Waals surface area contributed by atoms with Crippen molar-refractivity contribution in [2.45, 2.75) is 31.6 Å². The Morgan fingerprint density at radius 1 is 1.26 bits per heavy atom. The summed E-state index contributed by atoms with van der Waals surface area (Å²) in [4.78, 5) is 11.2. The fourth-order valence-electron chi connectivity index (χ4n) is 2.02. The molecule has 5 nitrogen and oxygen atoms in total. The molecule has 1 aromatic carbocycles. The predicted molar refractivity (Wildman–Crippen MR) is 70.4 cm³/mol. The third-order valence-corrected chi connectivity index (χ3v) is 4.79. The van der Waals surface area contributed by atoms with Gasteiger partial charge in [-0.05, 0) is 49.9 Å². The molecule has 0 heterocycles. The summed E-state index contributed by atoms with van der Waals surface area (Å²) in [5.74, 6) is -0.935. The van der Waals surface area contributed by atoms with Gasteiger partial charge in [0, 0.05) is 6.54 Å². The average molecular weight is 283 g/mol. The quantitative estimate of drug-likeness (QED) is 0.856. The second kappa shape index (κ2) is 4.61. The minimum absolute atomic E-state index is 0.0440. The van der Waals surface area contributed by atoms with E-state index in [1.807, 2.05) is 19.9 Å². The van der Waals surface area contributed by atoms with Crippen LogP contribution in [0.4, 0.5) is 0 Å². The van der Waals surface area contributed by atoms with Gasteiger partial charge in [-0.25, -0.2) is 13.1 Å². The van der Waals surface area contributed by atoms with Gasteiger partial charge in [-0.1, -0.05) is 6.07 Å². The minimum Gasteiger partial charge on any atom is -0.481 e. The van der Waals surface area contributed by atoms with E-state index >= 15 is 0 Å². The van der Waals surface area contributed by atoms with Gasteiger partial charge < -0.3 is 5.11 Å². The molecule has 19 heavy (non-hydrogen) atoms. The van der Waals surface area contributed by atoms with Gasteiger partial charge in [-0.3, -0.25) is 4.79 Å². The van der Waals surface area contributed by atoms with Gasteiger partial charge in [0.05, 0.1) is 10.3 Å². The first-order valence-electron chi connectivity index (χ1n) is 6.07. The van der Waals surface area contributed by atoms with E-state index in [4.69, 9.17) is 5.11 Å². The second-order valence-electron chi connectivity index (χ2n) is 5.23. The molecule has 1 aromatic rings. The van der Waals surface area contributed by atoms with Crippen LogP contribution in [-0.4, -0.2) is 26.0 Å². The lowest BCUT2D eigenvalue weighted by atomic mass is 10.1. The number of hydrogen-bond donors (Lipinski definition) is 2. The maximum atomic E-state index is 12.1. The molecule has 1 aliphatic carbocycles. The van der Waals surface area contributed by atoms with Crippen LogP contribution in [0.15, 0.2) is 23.1 Å². The Hall–Kier alpha value is -1.40. The van der Waals surface area contributed by atoms with Gasteiger partial charge in [-0.15, -0.1) is 0 Å². The Bertz CT molecular complexity index is 597. The zero-order chi connectivity index (χ0) is 14.3. The van der Waals surface area contributed by atoms with E-state index in [1.165, 1.54) is 0 Å². The summed E-state index contributed by atoms with van der Waals surface area (Å²) in [6.07, 6.45) is 1.05. The highest BCUT2D eigenvalue weighted by Gasteiger charge is 2.50. The number of nitrogens with one attached hydrogen (secondary N) is 1. The summed E-state index contributed by atoms with van der Waals surface area (Å²) in [5.41, 5.74) is 0.825. The molecule has 104 valence electrons. The first-order valence-corrected chi connectivity index (χ1v) is 7.55. The smallest absolute Gasteiger partial charge is 0.310 e. The number of carbonyl (C=O) groups is 1. The number of carboxylic acid groups (broad SMARTS) is 1. The number of rotatable bonds is 5. The van der Waals surface area contributed by atoms with Gasteiger partial charge in [-0.2, -0.15) is 0 Å². The molecule has 0 aliphatic heterocycles. The van der Waals surface area contributed by atoms with Gasteiger partial charge >= 0.3 is 5.97 Å². The Morgan fingerprint density at radius 3 is 2.21 bits per heavy atom. The maximum Gasteiger partial charge on any atom is 0.310 e. The van der Waals surface area contributed by atoms with E-state index < -0.39 is 21.4 Å². The van der Waals surface area contributed by atoms with Crippen molar-refractivity contribution in [1.82, 2.24) is 4.72 Å². The van der Waals surface area contributed by atoms with Crippen LogP contribution in [0.2, 0.25) is 0 Å². The number of carboxylic acids is 1. The summed E-state index contributed by atoms with van der Waals surface area (Å²) in [7, 11) is -3.65. The molecule has 0 spiro atoms. The molecule has 2 rings (SSSR count). The molecule has 0 aromatic heterocycles. The Balaban J connectivity index is 2.17. The number of aryl methyl sites for hydroxylation is 2. The molecular weight excluding hydrogens is 266 g/mol. The summed E-state index contributed by atoms with van der Waals surface area (Å²) in [6.45, 7) is 3.61. The third kappa shape index (κ3) is 2.96. The lowest BCUT2D eigenvalue weighted by Gasteiger charge is -2.12. The summed E-state index contributed by atoms with van der Waals surface area (Å²) >= 11 is 0. The van der Waals surface area contributed by atoms with Crippen LogP contribution >= 0.6 is 0 Å². The number of hydrogen-bond acceptors (Lipinski definition) is 3. The molecule has 0 saturated heterocycles. The standard InChI is InChI=1S/C13H17NO4S/c1-9-5-10(2)7-11(6-9)19(17,18)14-8-13(3-4-13)12(15)16/h5-7,14H,3-4,8H2,1-2H3,(H,15,16). The molecule has 2 N–H and O–H groups in total. The topological polar surface area (TPSA) is 83.5 Å². The SMILES string of the molecule is Cc1cc(C)cc(S(=O)(=O)NCC2(C(=O)O)CC2)c1. The van der Waals surface area contributed by atoms with Crippen LogP contribution < -0.4 is 4.72 Å². The van der Waals surface area contributed by atoms with E-state index in [0.717, 1.165) is 11.1 Å². The minimum atomic E-state index is -3.65. The van der Waals surface area contributed by atoms with Gasteiger partial charge in [0.25, 0.3) is 0 Å². The highest BCUT2D eigenvalue weighted by atomic mass is 32.2. The molecule has 0 unspecified atom stereocenters. The Morgan fingerprint density at radius 2 is 1.79 bits per heavy atom. The molecule has 0 amide bonds. The van der Waals surface area contributed by atoms with Crippen LogP contribution in [0, 0.1) is 19.3 Å². The zero-order valence-electron chi connectivity index (χ0n) is 10.9. The fraction of sp³-hybridized carbons (Fsp3) is 0.462. The van der Waals surface area contributed by atoms with E-state index in [-0.39, 0.29) is 11.4 Å². The molecular formula is C13H17NO4S. The molecule has 6 heteroatoms. The molecule has 1 fully saturated rings. The predicted octanol–water partition coefficient (Wildman–Crippen LogP) is 1.45. The van der Waals surface area contributed by atoms with Crippen molar-refractivity contribution in [2.24, 2.45) is 5.41 Å². The number of aliphatic carboxylic acids is 1. The van der Waals surface area contributed by atoms with Crippen molar-refractivity contribution < 1.29 is 18.3 Å². The van der Waals surface area contributed by atoms with Crippen molar-refractivity contribution >= 4 is 16.0 Å². The molecule has 0 bridgehead atoms. The van der Waals surface area contributed by atoms with E-state index in [2.05, 4.69) is 4.72 Å². The van der Waals surface area contributed by atoms with E-state index in [1.54, 1.807) is 12.1 Å².